The first-order valence-electron chi connectivity index (χ1n) is 3.71. The van der Waals surface area contributed by atoms with Crippen LogP contribution in [0.25, 0.3) is 0 Å². The van der Waals surface area contributed by atoms with Crippen LogP contribution < -0.4 is 0 Å². The zero-order chi connectivity index (χ0) is 10.2. The fourth-order valence-electron chi connectivity index (χ4n) is 1.46. The molecule has 0 unspecified atom stereocenters. The van der Waals surface area contributed by atoms with Crippen LogP contribution in [0.15, 0.2) is 0 Å². The Labute approximate surface area is 75.9 Å². The van der Waals surface area contributed by atoms with Gasteiger partial charge in [0, 0.05) is 6.54 Å². The fourth-order valence-corrected chi connectivity index (χ4v) is 2.31. The van der Waals surface area contributed by atoms with Gasteiger partial charge in [-0.25, -0.2) is 0 Å². The molecule has 0 bridgehead atoms. The first kappa shape index (κ1) is 10.4. The van der Waals surface area contributed by atoms with Gasteiger partial charge >= 0.3 is 5.97 Å². The molecule has 1 saturated heterocycles. The Hall–Kier alpha value is -0.660. The van der Waals surface area contributed by atoms with E-state index in [4.69, 9.17) is 9.66 Å². The lowest BCUT2D eigenvalue weighted by atomic mass is 10.2. The topological polar surface area (TPSA) is 94.9 Å². The monoisotopic (exact) mass is 209 g/mol. The largest absolute Gasteiger partial charge is 0.480 e. The third-order valence-electron chi connectivity index (χ3n) is 2.22. The minimum atomic E-state index is -4.11. The van der Waals surface area contributed by atoms with Crippen LogP contribution in [0, 0.1) is 0 Å². The van der Waals surface area contributed by atoms with Gasteiger partial charge in [0.05, 0.1) is 0 Å². The Bertz CT molecular complexity index is 311. The first-order chi connectivity index (χ1) is 5.82. The van der Waals surface area contributed by atoms with Crippen molar-refractivity contribution in [3.8, 4) is 0 Å². The van der Waals surface area contributed by atoms with Crippen molar-refractivity contribution >= 4 is 16.1 Å². The van der Waals surface area contributed by atoms with Gasteiger partial charge in [0.1, 0.15) is 11.3 Å². The van der Waals surface area contributed by atoms with Gasteiger partial charge in [-0.15, -0.1) is 0 Å². The molecule has 1 rings (SSSR count). The summed E-state index contributed by atoms with van der Waals surface area (Å²) in [6, 6.07) is -0.813. The highest BCUT2D eigenvalue weighted by molar-refractivity contribution is 7.86. The van der Waals surface area contributed by atoms with E-state index in [0.717, 1.165) is 0 Å². The third-order valence-corrected chi connectivity index (χ3v) is 3.40. The smallest absolute Gasteiger partial charge is 0.320 e. The number of hydrogen-bond donors (Lipinski definition) is 2. The first-order valence-corrected chi connectivity index (χ1v) is 5.22. The van der Waals surface area contributed by atoms with Crippen molar-refractivity contribution in [2.24, 2.45) is 0 Å². The van der Waals surface area contributed by atoms with E-state index in [1.807, 2.05) is 0 Å². The van der Waals surface area contributed by atoms with Crippen molar-refractivity contribution in [1.82, 2.24) is 4.90 Å². The average Bonchev–Trinajstić information content (AvgIpc) is 2.29. The molecule has 7 heteroatoms. The Morgan fingerprint density at radius 1 is 1.54 bits per heavy atom. The highest BCUT2D eigenvalue weighted by atomic mass is 32.2. The Morgan fingerprint density at radius 2 is 2.08 bits per heavy atom. The van der Waals surface area contributed by atoms with Gasteiger partial charge in [-0.05, 0) is 13.5 Å². The number of hydrogen-bond acceptors (Lipinski definition) is 4. The number of likely N-dealkylation sites (N-methyl/N-ethyl adjacent to an activating group) is 1. The van der Waals surface area contributed by atoms with Crippen LogP contribution in [-0.4, -0.2) is 53.8 Å². The number of carboxylic acid groups (broad SMARTS) is 1. The molecule has 0 radical (unpaired) electrons. The molecular formula is C6H11NO5S. The SMILES string of the molecule is CN1C[C@@H](S(=O)(=O)O)C[C@H]1C(=O)O. The van der Waals surface area contributed by atoms with Gasteiger partial charge < -0.3 is 5.11 Å². The van der Waals surface area contributed by atoms with Crippen LogP contribution in [0.2, 0.25) is 0 Å². The molecule has 1 aliphatic heterocycles. The number of nitrogens with zero attached hydrogens (tertiary/aromatic N) is 1. The van der Waals surface area contributed by atoms with Crippen LogP contribution in [-0.2, 0) is 14.9 Å². The van der Waals surface area contributed by atoms with Crippen molar-refractivity contribution in [3.63, 3.8) is 0 Å². The molecule has 0 aromatic carbocycles. The summed E-state index contributed by atoms with van der Waals surface area (Å²) >= 11 is 0. The lowest BCUT2D eigenvalue weighted by molar-refractivity contribution is -0.141. The van der Waals surface area contributed by atoms with Crippen molar-refractivity contribution in [1.29, 1.82) is 0 Å². The van der Waals surface area contributed by atoms with E-state index in [1.54, 1.807) is 0 Å². The van der Waals surface area contributed by atoms with Gasteiger partial charge in [-0.1, -0.05) is 0 Å². The van der Waals surface area contributed by atoms with Crippen LogP contribution in [0.1, 0.15) is 6.42 Å². The molecule has 76 valence electrons. The summed E-state index contributed by atoms with van der Waals surface area (Å²) in [6.45, 7) is 0.0653. The molecule has 2 atom stereocenters. The quantitative estimate of drug-likeness (QED) is 0.568. The van der Waals surface area contributed by atoms with E-state index >= 15 is 0 Å². The summed E-state index contributed by atoms with van der Waals surface area (Å²) in [5, 5.41) is 7.68. The van der Waals surface area contributed by atoms with E-state index in [0.29, 0.717) is 0 Å². The lowest BCUT2D eigenvalue weighted by Gasteiger charge is -2.12. The number of likely N-dealkylation sites (tertiary alicyclic amines) is 1. The van der Waals surface area contributed by atoms with Crippen LogP contribution in [0.4, 0.5) is 0 Å². The number of aliphatic carboxylic acids is 1. The van der Waals surface area contributed by atoms with Crippen molar-refractivity contribution in [2.75, 3.05) is 13.6 Å². The zero-order valence-electron chi connectivity index (χ0n) is 7.04. The predicted octanol–water partition coefficient (Wildman–Crippen LogP) is -0.968. The summed E-state index contributed by atoms with van der Waals surface area (Å²) in [5.41, 5.74) is 0. The second-order valence-electron chi connectivity index (χ2n) is 3.17. The molecular weight excluding hydrogens is 198 g/mol. The van der Waals surface area contributed by atoms with Gasteiger partial charge in [0.25, 0.3) is 10.1 Å². The zero-order valence-corrected chi connectivity index (χ0v) is 7.86. The molecule has 0 aliphatic carbocycles. The van der Waals surface area contributed by atoms with Gasteiger partial charge in [-0.3, -0.25) is 14.2 Å². The molecule has 1 heterocycles. The Kier molecular flexibility index (Phi) is 2.60. The molecule has 6 nitrogen and oxygen atoms in total. The van der Waals surface area contributed by atoms with Crippen molar-refractivity contribution < 1.29 is 22.9 Å². The molecule has 2 N–H and O–H groups in total. The molecule has 13 heavy (non-hydrogen) atoms. The van der Waals surface area contributed by atoms with E-state index in [2.05, 4.69) is 0 Å². The van der Waals surface area contributed by atoms with E-state index in [1.165, 1.54) is 11.9 Å². The molecule has 1 fully saturated rings. The highest BCUT2D eigenvalue weighted by Gasteiger charge is 2.40. The van der Waals surface area contributed by atoms with Gasteiger partial charge in [0.2, 0.25) is 0 Å². The average molecular weight is 209 g/mol. The van der Waals surface area contributed by atoms with Gasteiger partial charge in [0.15, 0.2) is 0 Å². The maximum absolute atomic E-state index is 10.7. The number of carbonyl (C=O) groups is 1. The molecule has 0 spiro atoms. The van der Waals surface area contributed by atoms with E-state index in [-0.39, 0.29) is 13.0 Å². The molecule has 0 aromatic heterocycles. The summed E-state index contributed by atoms with van der Waals surface area (Å²) in [6.07, 6.45) is -0.0509. The number of rotatable bonds is 2. The predicted molar refractivity (Wildman–Crippen MR) is 44.0 cm³/mol. The second-order valence-corrected chi connectivity index (χ2v) is 4.86. The van der Waals surface area contributed by atoms with E-state index < -0.39 is 27.4 Å². The van der Waals surface area contributed by atoms with Crippen LogP contribution in [0.3, 0.4) is 0 Å². The van der Waals surface area contributed by atoms with Crippen molar-refractivity contribution in [3.05, 3.63) is 0 Å². The van der Waals surface area contributed by atoms with Crippen LogP contribution in [0.5, 0.6) is 0 Å². The number of carboxylic acids is 1. The maximum atomic E-state index is 10.7. The maximum Gasteiger partial charge on any atom is 0.320 e. The minimum Gasteiger partial charge on any atom is -0.480 e. The summed E-state index contributed by atoms with van der Waals surface area (Å²) < 4.78 is 30.1. The normalized spacial score (nSPS) is 30.6. The van der Waals surface area contributed by atoms with Crippen molar-refractivity contribution in [2.45, 2.75) is 17.7 Å². The summed E-state index contributed by atoms with van der Waals surface area (Å²) in [4.78, 5) is 12.0. The fraction of sp³-hybridized carbons (Fsp3) is 0.833. The third kappa shape index (κ3) is 2.17. The Balaban J connectivity index is 2.77. The summed E-state index contributed by atoms with van der Waals surface area (Å²) in [7, 11) is -2.59. The minimum absolute atomic E-state index is 0.0509. The van der Waals surface area contributed by atoms with Crippen LogP contribution >= 0.6 is 0 Å². The molecule has 0 amide bonds. The standard InChI is InChI=1S/C6H11NO5S/c1-7-3-4(13(10,11)12)2-5(7)6(8)9/h4-5H,2-3H2,1H3,(H,8,9)(H,10,11,12)/t4-,5-/m0/s1. The Morgan fingerprint density at radius 3 is 2.31 bits per heavy atom. The summed E-state index contributed by atoms with van der Waals surface area (Å²) in [5.74, 6) is -1.06. The van der Waals surface area contributed by atoms with E-state index in [9.17, 15) is 13.2 Å². The molecule has 0 saturated carbocycles. The van der Waals surface area contributed by atoms with Gasteiger partial charge in [-0.2, -0.15) is 8.42 Å². The molecule has 1 aliphatic rings. The lowest BCUT2D eigenvalue weighted by Crippen LogP contribution is -2.32. The highest BCUT2D eigenvalue weighted by Crippen LogP contribution is 2.20. The molecule has 0 aromatic rings. The second kappa shape index (κ2) is 3.24.